The van der Waals surface area contributed by atoms with Crippen LogP contribution in [0.1, 0.15) is 12.5 Å². The van der Waals surface area contributed by atoms with Crippen LogP contribution in [0.2, 0.25) is 0 Å². The lowest BCUT2D eigenvalue weighted by molar-refractivity contribution is -0.385. The van der Waals surface area contributed by atoms with Gasteiger partial charge in [0.15, 0.2) is 11.5 Å². The average molecular weight is 525 g/mol. The Morgan fingerprint density at radius 2 is 1.91 bits per heavy atom. The summed E-state index contributed by atoms with van der Waals surface area (Å²) < 4.78 is 12.0. The van der Waals surface area contributed by atoms with Crippen molar-refractivity contribution in [3.8, 4) is 17.4 Å². The highest BCUT2D eigenvalue weighted by Gasteiger charge is 2.34. The third-order valence-electron chi connectivity index (χ3n) is 4.71. The number of nitrogens with zero attached hydrogens (tertiary/aromatic N) is 3. The number of pyridine rings is 1. The minimum atomic E-state index is -0.555. The number of ether oxygens (including phenoxy) is 2. The molecule has 3 aromatic rings. The maximum Gasteiger partial charge on any atom is 0.287 e. The number of anilines is 1. The first-order valence-electron chi connectivity index (χ1n) is 10.0. The summed E-state index contributed by atoms with van der Waals surface area (Å²) in [5.74, 6) is -0.257. The lowest BCUT2D eigenvalue weighted by Crippen LogP contribution is -2.35. The van der Waals surface area contributed by atoms with E-state index in [1.165, 1.54) is 23.2 Å². The molecule has 2 aromatic carbocycles. The summed E-state index contributed by atoms with van der Waals surface area (Å²) in [4.78, 5) is 39.6. The highest BCUT2D eigenvalue weighted by molar-refractivity contribution is 9.10. The van der Waals surface area contributed by atoms with E-state index < -0.39 is 16.7 Å². The number of hydrogen-bond donors (Lipinski definition) is 1. The third kappa shape index (κ3) is 4.74. The maximum absolute atomic E-state index is 12.9. The van der Waals surface area contributed by atoms with E-state index in [0.29, 0.717) is 33.8 Å². The smallest absolute Gasteiger partial charge is 0.287 e. The first-order valence-corrected chi connectivity index (χ1v) is 10.8. The summed E-state index contributed by atoms with van der Waals surface area (Å²) in [6.07, 6.45) is 2.55. The average Bonchev–Trinajstić information content (AvgIpc) is 3.11. The summed E-state index contributed by atoms with van der Waals surface area (Å²) in [5, 5.41) is 12.0. The van der Waals surface area contributed by atoms with Gasteiger partial charge in [-0.25, -0.2) is 9.99 Å². The number of halogens is 1. The molecule has 2 amide bonds. The van der Waals surface area contributed by atoms with Crippen LogP contribution in [0.15, 0.2) is 70.8 Å². The second-order valence-corrected chi connectivity index (χ2v) is 7.80. The van der Waals surface area contributed by atoms with Crippen molar-refractivity contribution in [1.29, 1.82) is 0 Å². The van der Waals surface area contributed by atoms with Gasteiger partial charge in [-0.2, -0.15) is 0 Å². The summed E-state index contributed by atoms with van der Waals surface area (Å²) in [6, 6.07) is 14.6. The van der Waals surface area contributed by atoms with Crippen molar-refractivity contribution in [3.63, 3.8) is 0 Å². The molecule has 0 atom stereocenters. The lowest BCUT2D eigenvalue weighted by Gasteiger charge is -2.14. The van der Waals surface area contributed by atoms with Crippen molar-refractivity contribution in [2.45, 2.75) is 6.92 Å². The Balaban J connectivity index is 1.64. The number of para-hydroxylation sites is 1. The predicted octanol–water partition coefficient (Wildman–Crippen LogP) is 4.40. The molecule has 0 bridgehead atoms. The lowest BCUT2D eigenvalue weighted by atomic mass is 10.1. The molecular formula is C23H17BrN4O6. The fraction of sp³-hybridized carbons (Fsp3) is 0.0870. The molecule has 0 spiro atoms. The summed E-state index contributed by atoms with van der Waals surface area (Å²) >= 11 is 3.44. The van der Waals surface area contributed by atoms with Crippen LogP contribution in [0.25, 0.3) is 6.08 Å². The molecule has 1 aliphatic rings. The minimum Gasteiger partial charge on any atom is -0.490 e. The summed E-state index contributed by atoms with van der Waals surface area (Å²) in [5.41, 5.74) is 3.40. The zero-order valence-corrected chi connectivity index (χ0v) is 19.3. The second kappa shape index (κ2) is 9.71. The molecule has 1 fully saturated rings. The van der Waals surface area contributed by atoms with E-state index in [4.69, 9.17) is 9.47 Å². The molecule has 1 aromatic heterocycles. The predicted molar refractivity (Wildman–Crippen MR) is 126 cm³/mol. The molecule has 10 nitrogen and oxygen atoms in total. The SMILES string of the molecule is CCOc1cc(/C=C2/C(=O)NN(c3ccccc3)C2=O)c(Br)cc1Oc1ccc([N+](=O)[O-])cn1. The van der Waals surface area contributed by atoms with Gasteiger partial charge in [-0.05, 0) is 42.8 Å². The van der Waals surface area contributed by atoms with Gasteiger partial charge in [-0.1, -0.05) is 34.1 Å². The van der Waals surface area contributed by atoms with Crippen molar-refractivity contribution in [1.82, 2.24) is 10.4 Å². The second-order valence-electron chi connectivity index (χ2n) is 6.94. The van der Waals surface area contributed by atoms with Gasteiger partial charge in [-0.3, -0.25) is 25.1 Å². The van der Waals surface area contributed by atoms with Crippen molar-refractivity contribution in [2.24, 2.45) is 0 Å². The Bertz CT molecular complexity index is 1290. The van der Waals surface area contributed by atoms with Crippen LogP contribution in [0.5, 0.6) is 17.4 Å². The van der Waals surface area contributed by atoms with Crippen LogP contribution in [0.4, 0.5) is 11.4 Å². The number of aromatic nitrogens is 1. The molecule has 0 unspecified atom stereocenters. The minimum absolute atomic E-state index is 0.0438. The molecule has 1 aliphatic heterocycles. The number of rotatable bonds is 7. The van der Waals surface area contributed by atoms with E-state index in [1.807, 2.05) is 6.07 Å². The largest absolute Gasteiger partial charge is 0.490 e. The monoisotopic (exact) mass is 524 g/mol. The molecule has 2 heterocycles. The first kappa shape index (κ1) is 22.9. The Morgan fingerprint density at radius 3 is 2.56 bits per heavy atom. The molecule has 172 valence electrons. The van der Waals surface area contributed by atoms with Crippen molar-refractivity contribution < 1.29 is 24.0 Å². The number of hydrazine groups is 1. The van der Waals surface area contributed by atoms with Gasteiger partial charge in [0, 0.05) is 16.6 Å². The Kier molecular flexibility index (Phi) is 6.55. The quantitative estimate of drug-likeness (QED) is 0.210. The number of carbonyl (C=O) groups is 2. The fourth-order valence-corrected chi connectivity index (χ4v) is 3.57. The highest BCUT2D eigenvalue weighted by Crippen LogP contribution is 2.37. The molecule has 34 heavy (non-hydrogen) atoms. The Morgan fingerprint density at radius 1 is 1.15 bits per heavy atom. The van der Waals surface area contributed by atoms with Gasteiger partial charge in [0.25, 0.3) is 17.5 Å². The molecule has 4 rings (SSSR count). The van der Waals surface area contributed by atoms with E-state index >= 15 is 0 Å². The van der Waals surface area contributed by atoms with Gasteiger partial charge >= 0.3 is 0 Å². The summed E-state index contributed by atoms with van der Waals surface area (Å²) in [7, 11) is 0. The van der Waals surface area contributed by atoms with Crippen LogP contribution in [-0.2, 0) is 9.59 Å². The molecule has 0 saturated carbocycles. The van der Waals surface area contributed by atoms with Crippen LogP contribution in [-0.4, -0.2) is 28.3 Å². The van der Waals surface area contributed by atoms with Crippen molar-refractivity contribution >= 4 is 45.2 Å². The molecule has 1 saturated heterocycles. The Hall–Kier alpha value is -4.25. The molecule has 0 radical (unpaired) electrons. The number of benzene rings is 2. The molecule has 1 N–H and O–H groups in total. The molecule has 0 aliphatic carbocycles. The van der Waals surface area contributed by atoms with Crippen LogP contribution >= 0.6 is 15.9 Å². The zero-order valence-electron chi connectivity index (χ0n) is 17.7. The number of nitro groups is 1. The van der Waals surface area contributed by atoms with E-state index in [9.17, 15) is 19.7 Å². The van der Waals surface area contributed by atoms with E-state index in [2.05, 4.69) is 26.3 Å². The summed E-state index contributed by atoms with van der Waals surface area (Å²) in [6.45, 7) is 2.11. The normalized spacial score (nSPS) is 14.3. The zero-order chi connectivity index (χ0) is 24.2. The van der Waals surface area contributed by atoms with Crippen LogP contribution in [0.3, 0.4) is 0 Å². The van der Waals surface area contributed by atoms with Gasteiger partial charge < -0.3 is 9.47 Å². The van der Waals surface area contributed by atoms with Crippen molar-refractivity contribution in [3.05, 3.63) is 86.5 Å². The van der Waals surface area contributed by atoms with Crippen LogP contribution < -0.4 is 19.9 Å². The van der Waals surface area contributed by atoms with E-state index in [1.54, 1.807) is 43.3 Å². The fourth-order valence-electron chi connectivity index (χ4n) is 3.13. The third-order valence-corrected chi connectivity index (χ3v) is 5.40. The maximum atomic E-state index is 12.9. The molecule has 11 heteroatoms. The van der Waals surface area contributed by atoms with Crippen LogP contribution in [0, 0.1) is 10.1 Å². The topological polar surface area (TPSA) is 124 Å². The van der Waals surface area contributed by atoms with Gasteiger partial charge in [0.2, 0.25) is 5.88 Å². The molecular weight excluding hydrogens is 508 g/mol. The van der Waals surface area contributed by atoms with Gasteiger partial charge in [0.1, 0.15) is 11.8 Å². The van der Waals surface area contributed by atoms with Crippen molar-refractivity contribution in [2.75, 3.05) is 11.6 Å². The first-order chi connectivity index (χ1) is 16.4. The number of amides is 2. The van der Waals surface area contributed by atoms with Gasteiger partial charge in [0.05, 0.1) is 17.2 Å². The van der Waals surface area contributed by atoms with Gasteiger partial charge in [-0.15, -0.1) is 0 Å². The number of carbonyl (C=O) groups excluding carboxylic acids is 2. The highest BCUT2D eigenvalue weighted by atomic mass is 79.9. The van der Waals surface area contributed by atoms with E-state index in [0.717, 1.165) is 6.20 Å². The number of nitrogens with one attached hydrogen (secondary N) is 1. The standard InChI is InChI=1S/C23H17BrN4O6/c1-2-33-19-11-14(10-17-22(29)26-27(23(17)30)15-6-4-3-5-7-15)18(24)12-20(19)34-21-9-8-16(13-25-21)28(31)32/h3-13H,2H2,1H3,(H,26,29)/b17-10-. The van der Waals surface area contributed by atoms with E-state index in [-0.39, 0.29) is 17.1 Å². The number of hydrogen-bond acceptors (Lipinski definition) is 7. The Labute approximate surface area is 202 Å².